The Balaban J connectivity index is 2.27. The number of aromatic nitrogens is 1. The molecule has 1 aromatic heterocycles. The highest BCUT2D eigenvalue weighted by Gasteiger charge is 2.21. The van der Waals surface area contributed by atoms with Gasteiger partial charge in [0.05, 0.1) is 0 Å². The minimum Gasteiger partial charge on any atom is -0.370 e. The van der Waals surface area contributed by atoms with Crippen LogP contribution in [0.2, 0.25) is 0 Å². The second-order valence-electron chi connectivity index (χ2n) is 4.38. The lowest BCUT2D eigenvalue weighted by atomic mass is 10.1. The lowest BCUT2D eigenvalue weighted by Crippen LogP contribution is -2.34. The molecule has 15 heavy (non-hydrogen) atoms. The molecule has 1 N–H and O–H groups in total. The van der Waals surface area contributed by atoms with E-state index in [0.29, 0.717) is 6.04 Å². The number of nitrogens with zero attached hydrogens (tertiary/aromatic N) is 2. The molecule has 0 radical (unpaired) electrons. The van der Waals surface area contributed by atoms with Crippen LogP contribution in [0.5, 0.6) is 0 Å². The average Bonchev–Trinajstić information content (AvgIpc) is 2.69. The van der Waals surface area contributed by atoms with Gasteiger partial charge >= 0.3 is 0 Å². The zero-order valence-corrected chi connectivity index (χ0v) is 9.75. The molecule has 0 amide bonds. The number of nitrogens with one attached hydrogen (secondary N) is 1. The molecule has 1 aromatic rings. The van der Waals surface area contributed by atoms with E-state index >= 15 is 0 Å². The van der Waals surface area contributed by atoms with Crippen molar-refractivity contribution in [1.82, 2.24) is 10.3 Å². The van der Waals surface area contributed by atoms with Gasteiger partial charge in [-0.2, -0.15) is 0 Å². The van der Waals surface area contributed by atoms with Gasteiger partial charge in [-0.3, -0.25) is 4.98 Å². The predicted octanol–water partition coefficient (Wildman–Crippen LogP) is 1.50. The molecule has 0 aromatic carbocycles. The fraction of sp³-hybridized carbons (Fsp3) is 0.583. The second kappa shape index (κ2) is 4.19. The molecule has 0 saturated carbocycles. The molecule has 3 heteroatoms. The highest BCUT2D eigenvalue weighted by Crippen LogP contribution is 2.25. The van der Waals surface area contributed by atoms with Crippen LogP contribution in [0.15, 0.2) is 12.4 Å². The topological polar surface area (TPSA) is 28.2 Å². The molecule has 2 heterocycles. The first-order valence-electron chi connectivity index (χ1n) is 5.55. The van der Waals surface area contributed by atoms with Crippen molar-refractivity contribution in [2.24, 2.45) is 0 Å². The van der Waals surface area contributed by atoms with Crippen molar-refractivity contribution in [3.63, 3.8) is 0 Å². The summed E-state index contributed by atoms with van der Waals surface area (Å²) in [4.78, 5) is 6.61. The van der Waals surface area contributed by atoms with Crippen molar-refractivity contribution in [3.8, 4) is 0 Å². The highest BCUT2D eigenvalue weighted by molar-refractivity contribution is 5.57. The standard InChI is InChI=1S/C12H19N3/c1-9-6-14-7-10(2)12(9)15(3)11-4-5-13-8-11/h6-7,11,13H,4-5,8H2,1-3H3. The van der Waals surface area contributed by atoms with Crippen LogP contribution in [0.4, 0.5) is 5.69 Å². The molecule has 0 spiro atoms. The van der Waals surface area contributed by atoms with Crippen LogP contribution < -0.4 is 10.2 Å². The summed E-state index contributed by atoms with van der Waals surface area (Å²) in [5, 5.41) is 3.40. The highest BCUT2D eigenvalue weighted by atomic mass is 15.2. The van der Waals surface area contributed by atoms with E-state index in [9.17, 15) is 0 Å². The maximum Gasteiger partial charge on any atom is 0.0456 e. The van der Waals surface area contributed by atoms with Crippen molar-refractivity contribution in [2.75, 3.05) is 25.0 Å². The Kier molecular flexibility index (Phi) is 2.91. The summed E-state index contributed by atoms with van der Waals surface area (Å²) in [6.07, 6.45) is 5.13. The average molecular weight is 205 g/mol. The predicted molar refractivity (Wildman–Crippen MR) is 63.4 cm³/mol. The number of rotatable bonds is 2. The van der Waals surface area contributed by atoms with Crippen molar-refractivity contribution in [2.45, 2.75) is 26.3 Å². The molecule has 1 aliphatic rings. The Morgan fingerprint density at radius 3 is 2.53 bits per heavy atom. The van der Waals surface area contributed by atoms with Crippen LogP contribution in [0, 0.1) is 13.8 Å². The van der Waals surface area contributed by atoms with E-state index in [-0.39, 0.29) is 0 Å². The molecule has 1 atom stereocenters. The maximum atomic E-state index is 4.21. The summed E-state index contributed by atoms with van der Waals surface area (Å²) in [7, 11) is 2.19. The van der Waals surface area contributed by atoms with Gasteiger partial charge in [0, 0.05) is 37.7 Å². The molecule has 1 aliphatic heterocycles. The zero-order chi connectivity index (χ0) is 10.8. The van der Waals surface area contributed by atoms with Crippen LogP contribution in [-0.2, 0) is 0 Å². The van der Waals surface area contributed by atoms with Crippen LogP contribution in [0.3, 0.4) is 0 Å². The van der Waals surface area contributed by atoms with Gasteiger partial charge in [0.25, 0.3) is 0 Å². The third kappa shape index (κ3) is 1.97. The Morgan fingerprint density at radius 1 is 1.33 bits per heavy atom. The van der Waals surface area contributed by atoms with Gasteiger partial charge in [-0.15, -0.1) is 0 Å². The first-order chi connectivity index (χ1) is 7.20. The summed E-state index contributed by atoms with van der Waals surface area (Å²) < 4.78 is 0. The monoisotopic (exact) mass is 205 g/mol. The minimum absolute atomic E-state index is 0.629. The van der Waals surface area contributed by atoms with Gasteiger partial charge in [0.2, 0.25) is 0 Å². The van der Waals surface area contributed by atoms with Gasteiger partial charge in [-0.05, 0) is 37.9 Å². The van der Waals surface area contributed by atoms with E-state index < -0.39 is 0 Å². The van der Waals surface area contributed by atoms with Gasteiger partial charge < -0.3 is 10.2 Å². The Morgan fingerprint density at radius 2 is 2.00 bits per heavy atom. The molecular weight excluding hydrogens is 186 g/mol. The first-order valence-corrected chi connectivity index (χ1v) is 5.55. The van der Waals surface area contributed by atoms with Crippen molar-refractivity contribution < 1.29 is 0 Å². The van der Waals surface area contributed by atoms with Crippen molar-refractivity contribution in [3.05, 3.63) is 23.5 Å². The van der Waals surface area contributed by atoms with E-state index in [4.69, 9.17) is 0 Å². The van der Waals surface area contributed by atoms with Crippen molar-refractivity contribution >= 4 is 5.69 Å². The summed E-state index contributed by atoms with van der Waals surface area (Å²) in [5.41, 5.74) is 3.88. The van der Waals surface area contributed by atoms with Gasteiger partial charge in [-0.25, -0.2) is 0 Å². The van der Waals surface area contributed by atoms with E-state index in [1.807, 2.05) is 12.4 Å². The summed E-state index contributed by atoms with van der Waals surface area (Å²) in [6, 6.07) is 0.629. The SMILES string of the molecule is Cc1cncc(C)c1N(C)C1CCNC1. The molecule has 0 bridgehead atoms. The molecule has 3 nitrogen and oxygen atoms in total. The van der Waals surface area contributed by atoms with Gasteiger partial charge in [0.15, 0.2) is 0 Å². The van der Waals surface area contributed by atoms with Crippen LogP contribution in [0.25, 0.3) is 0 Å². The normalized spacial score (nSPS) is 20.6. The van der Waals surface area contributed by atoms with Crippen LogP contribution >= 0.6 is 0 Å². The number of hydrogen-bond donors (Lipinski definition) is 1. The Labute approximate surface area is 91.5 Å². The van der Waals surface area contributed by atoms with E-state index in [2.05, 4.69) is 36.1 Å². The number of hydrogen-bond acceptors (Lipinski definition) is 3. The second-order valence-corrected chi connectivity index (χ2v) is 4.38. The van der Waals surface area contributed by atoms with Gasteiger partial charge in [0.1, 0.15) is 0 Å². The summed E-state index contributed by atoms with van der Waals surface area (Å²) in [5.74, 6) is 0. The Hall–Kier alpha value is -1.09. The van der Waals surface area contributed by atoms with E-state index in [1.165, 1.54) is 23.2 Å². The summed E-state index contributed by atoms with van der Waals surface area (Å²) >= 11 is 0. The summed E-state index contributed by atoms with van der Waals surface area (Å²) in [6.45, 7) is 6.50. The van der Waals surface area contributed by atoms with Crippen LogP contribution in [-0.4, -0.2) is 31.2 Å². The van der Waals surface area contributed by atoms with Crippen LogP contribution in [0.1, 0.15) is 17.5 Å². The number of aryl methyl sites for hydroxylation is 2. The third-order valence-corrected chi connectivity index (χ3v) is 3.22. The molecule has 1 unspecified atom stereocenters. The van der Waals surface area contributed by atoms with Gasteiger partial charge in [-0.1, -0.05) is 0 Å². The zero-order valence-electron chi connectivity index (χ0n) is 9.75. The molecule has 1 fully saturated rings. The Bertz CT molecular complexity index is 322. The molecule has 0 aliphatic carbocycles. The molecule has 2 rings (SSSR count). The quantitative estimate of drug-likeness (QED) is 0.793. The van der Waals surface area contributed by atoms with Crippen molar-refractivity contribution in [1.29, 1.82) is 0 Å². The third-order valence-electron chi connectivity index (χ3n) is 3.22. The fourth-order valence-corrected chi connectivity index (χ4v) is 2.40. The van der Waals surface area contributed by atoms with E-state index in [1.54, 1.807) is 0 Å². The molecule has 82 valence electrons. The maximum absolute atomic E-state index is 4.21. The largest absolute Gasteiger partial charge is 0.370 e. The smallest absolute Gasteiger partial charge is 0.0456 e. The number of anilines is 1. The number of pyridine rings is 1. The number of likely N-dealkylation sites (N-methyl/N-ethyl adjacent to an activating group) is 1. The fourth-order valence-electron chi connectivity index (χ4n) is 2.40. The minimum atomic E-state index is 0.629. The molecular formula is C12H19N3. The lowest BCUT2D eigenvalue weighted by Gasteiger charge is -2.28. The first kappa shape index (κ1) is 10.4. The molecule has 1 saturated heterocycles. The van der Waals surface area contributed by atoms with E-state index in [0.717, 1.165) is 13.1 Å². The lowest BCUT2D eigenvalue weighted by molar-refractivity contribution is 0.682.